The summed E-state index contributed by atoms with van der Waals surface area (Å²) in [7, 11) is 0. The Bertz CT molecular complexity index is 1020. The van der Waals surface area contributed by atoms with Crippen LogP contribution in [0.1, 0.15) is 73.6 Å². The predicted octanol–water partition coefficient (Wildman–Crippen LogP) is 2.53. The van der Waals surface area contributed by atoms with E-state index in [1.807, 2.05) is 20.8 Å². The monoisotopic (exact) mass is 518 g/mol. The molecule has 0 amide bonds. The van der Waals surface area contributed by atoms with Crippen molar-refractivity contribution in [2.24, 2.45) is 39.4 Å². The first-order chi connectivity index (χ1) is 17.1. The highest BCUT2D eigenvalue weighted by molar-refractivity contribution is 5.88. The second kappa shape index (κ2) is 8.45. The summed E-state index contributed by atoms with van der Waals surface area (Å²) in [5, 5.41) is 52.6. The Kier molecular flexibility index (Phi) is 6.28. The maximum atomic E-state index is 14.3. The van der Waals surface area contributed by atoms with Crippen molar-refractivity contribution in [3.05, 3.63) is 23.3 Å². The lowest BCUT2D eigenvalue weighted by molar-refractivity contribution is -0.202. The van der Waals surface area contributed by atoms with Crippen LogP contribution in [0.5, 0.6) is 0 Å². The standard InChI is InChI=1S/C30H46O7/c1-26(2)18-7-8-22-27(3)12-21-24(29(5,36)11-17(37-21)9-16(14-31)15-32)28(27,4)13-23(34)30(22,6)19(18)10-20(33)25(26)35/h7,9,17,19-22,24-25,31-33,35-36H,8,10-15H2,1-6H3/t17-,19-,20?,21-,22+,24?,25-,27+,28-,29?,30-/m1/s1. The first-order valence-electron chi connectivity index (χ1n) is 14.0. The van der Waals surface area contributed by atoms with Crippen molar-refractivity contribution in [1.29, 1.82) is 0 Å². The summed E-state index contributed by atoms with van der Waals surface area (Å²) >= 11 is 0. The summed E-state index contributed by atoms with van der Waals surface area (Å²) in [6.45, 7) is 11.8. The van der Waals surface area contributed by atoms with Gasteiger partial charge in [0.2, 0.25) is 0 Å². The van der Waals surface area contributed by atoms with Crippen LogP contribution in [-0.4, -0.2) is 74.5 Å². The molecule has 11 atom stereocenters. The van der Waals surface area contributed by atoms with Gasteiger partial charge < -0.3 is 30.3 Å². The molecule has 0 aromatic heterocycles. The maximum Gasteiger partial charge on any atom is 0.140 e. The van der Waals surface area contributed by atoms with Crippen molar-refractivity contribution in [2.45, 2.75) is 104 Å². The summed E-state index contributed by atoms with van der Waals surface area (Å²) in [6.07, 6.45) is 4.04. The van der Waals surface area contributed by atoms with Crippen molar-refractivity contribution in [2.75, 3.05) is 13.2 Å². The van der Waals surface area contributed by atoms with Crippen molar-refractivity contribution < 1.29 is 35.1 Å². The number of allylic oxidation sites excluding steroid dienone is 1. The molecule has 5 aliphatic rings. The average Bonchev–Trinajstić information content (AvgIpc) is 3.03. The average molecular weight is 519 g/mol. The van der Waals surface area contributed by atoms with E-state index in [9.17, 15) is 30.3 Å². The van der Waals surface area contributed by atoms with Crippen LogP contribution in [0.2, 0.25) is 0 Å². The third-order valence-corrected chi connectivity index (χ3v) is 12.1. The van der Waals surface area contributed by atoms with Gasteiger partial charge in [-0.1, -0.05) is 52.3 Å². The van der Waals surface area contributed by atoms with Crippen LogP contribution in [0.25, 0.3) is 0 Å². The third kappa shape index (κ3) is 3.50. The molecular weight excluding hydrogens is 472 g/mol. The fourth-order valence-corrected chi connectivity index (χ4v) is 10.1. The second-order valence-corrected chi connectivity index (χ2v) is 14.3. The molecule has 4 aliphatic carbocycles. The third-order valence-electron chi connectivity index (χ3n) is 12.1. The fraction of sp³-hybridized carbons (Fsp3) is 0.833. The minimum Gasteiger partial charge on any atom is -0.392 e. The molecular formula is C30H46O7. The Morgan fingerprint density at radius 2 is 1.70 bits per heavy atom. The van der Waals surface area contributed by atoms with E-state index in [4.69, 9.17) is 4.74 Å². The highest BCUT2D eigenvalue weighted by Crippen LogP contribution is 2.75. The molecule has 5 N–H and O–H groups in total. The van der Waals surface area contributed by atoms with Crippen molar-refractivity contribution in [1.82, 2.24) is 0 Å². The summed E-state index contributed by atoms with van der Waals surface area (Å²) in [5.41, 5.74) is -1.56. The molecule has 0 aromatic rings. The SMILES string of the molecule is CC1(O)C[C@@H](C=C(CO)CO)O[C@@H]2C[C@@]3(C)[C@@H]4CC=C5[C@@H](CC(O)[C@@H](O)C5(C)C)[C@@]4(C)C(=O)C[C@]3(C)C21. The Morgan fingerprint density at radius 1 is 1.05 bits per heavy atom. The van der Waals surface area contributed by atoms with Gasteiger partial charge in [0.15, 0.2) is 0 Å². The number of hydrogen-bond acceptors (Lipinski definition) is 7. The number of hydrogen-bond donors (Lipinski definition) is 5. The number of aliphatic hydroxyl groups excluding tert-OH is 4. The summed E-state index contributed by atoms with van der Waals surface area (Å²) in [5.74, 6) is -0.156. The zero-order valence-electron chi connectivity index (χ0n) is 23.2. The van der Waals surface area contributed by atoms with Gasteiger partial charge in [-0.15, -0.1) is 0 Å². The normalized spacial score (nSPS) is 52.4. The molecule has 1 aliphatic heterocycles. The number of Topliss-reactive ketones (excluding diaryl/α,β-unsaturated/α-hetero) is 1. The van der Waals surface area contributed by atoms with E-state index in [0.29, 0.717) is 31.3 Å². The zero-order chi connectivity index (χ0) is 27.3. The molecule has 0 radical (unpaired) electrons. The van der Waals surface area contributed by atoms with Gasteiger partial charge in [-0.2, -0.15) is 0 Å². The number of ether oxygens (including phenoxy) is 1. The van der Waals surface area contributed by atoms with E-state index in [2.05, 4.69) is 26.8 Å². The van der Waals surface area contributed by atoms with Gasteiger partial charge in [-0.25, -0.2) is 0 Å². The molecule has 3 saturated carbocycles. The van der Waals surface area contributed by atoms with E-state index in [1.54, 1.807) is 6.08 Å². The molecule has 5 rings (SSSR count). The number of fused-ring (bicyclic) bond motifs is 7. The minimum atomic E-state index is -1.08. The van der Waals surface area contributed by atoms with E-state index in [-0.39, 0.29) is 48.3 Å². The van der Waals surface area contributed by atoms with Crippen molar-refractivity contribution >= 4 is 5.78 Å². The van der Waals surface area contributed by atoms with Gasteiger partial charge in [0, 0.05) is 29.6 Å². The topological polar surface area (TPSA) is 127 Å². The lowest BCUT2D eigenvalue weighted by atomic mass is 9.38. The lowest BCUT2D eigenvalue weighted by Crippen LogP contribution is -2.65. The number of carbonyl (C=O) groups excluding carboxylic acids is 1. The molecule has 0 aromatic carbocycles. The van der Waals surface area contributed by atoms with E-state index in [0.717, 1.165) is 12.0 Å². The van der Waals surface area contributed by atoms with Gasteiger partial charge >= 0.3 is 0 Å². The second-order valence-electron chi connectivity index (χ2n) is 14.3. The highest BCUT2D eigenvalue weighted by atomic mass is 16.5. The Morgan fingerprint density at radius 3 is 2.32 bits per heavy atom. The molecule has 0 bridgehead atoms. The first-order valence-corrected chi connectivity index (χ1v) is 14.0. The number of carbonyl (C=O) groups is 1. The molecule has 208 valence electrons. The zero-order valence-corrected chi connectivity index (χ0v) is 23.2. The van der Waals surface area contributed by atoms with Crippen LogP contribution in [0.3, 0.4) is 0 Å². The van der Waals surface area contributed by atoms with E-state index >= 15 is 0 Å². The van der Waals surface area contributed by atoms with Crippen molar-refractivity contribution in [3.63, 3.8) is 0 Å². The molecule has 1 saturated heterocycles. The lowest BCUT2D eigenvalue weighted by Gasteiger charge is -2.65. The van der Waals surface area contributed by atoms with Crippen LogP contribution in [-0.2, 0) is 9.53 Å². The van der Waals surface area contributed by atoms with E-state index in [1.165, 1.54) is 0 Å². The van der Waals surface area contributed by atoms with E-state index < -0.39 is 40.2 Å². The predicted molar refractivity (Wildman–Crippen MR) is 138 cm³/mol. The Hall–Kier alpha value is -1.09. The van der Waals surface area contributed by atoms with Gasteiger partial charge in [0.05, 0.1) is 43.2 Å². The Labute approximate surface area is 220 Å². The van der Waals surface area contributed by atoms with Gasteiger partial charge in [-0.05, 0) is 54.4 Å². The Balaban J connectivity index is 1.57. The van der Waals surface area contributed by atoms with Crippen molar-refractivity contribution in [3.8, 4) is 0 Å². The summed E-state index contributed by atoms with van der Waals surface area (Å²) in [4.78, 5) is 14.3. The van der Waals surface area contributed by atoms with Gasteiger partial charge in [0.25, 0.3) is 0 Å². The molecule has 3 unspecified atom stereocenters. The quantitative estimate of drug-likeness (QED) is 0.363. The summed E-state index contributed by atoms with van der Waals surface area (Å²) in [6, 6.07) is 0. The van der Waals surface area contributed by atoms with Crippen LogP contribution >= 0.6 is 0 Å². The first kappa shape index (κ1) is 27.5. The molecule has 7 nitrogen and oxygen atoms in total. The van der Waals surface area contributed by atoms with Gasteiger partial charge in [-0.3, -0.25) is 4.79 Å². The number of rotatable bonds is 3. The van der Waals surface area contributed by atoms with Crippen LogP contribution in [0.15, 0.2) is 23.3 Å². The van der Waals surface area contributed by atoms with Crippen LogP contribution in [0.4, 0.5) is 0 Å². The largest absolute Gasteiger partial charge is 0.392 e. The highest BCUT2D eigenvalue weighted by Gasteiger charge is 2.75. The smallest absolute Gasteiger partial charge is 0.140 e. The number of aliphatic hydroxyl groups is 5. The summed E-state index contributed by atoms with van der Waals surface area (Å²) < 4.78 is 6.56. The van der Waals surface area contributed by atoms with Gasteiger partial charge in [0.1, 0.15) is 5.78 Å². The van der Waals surface area contributed by atoms with Crippen LogP contribution in [0, 0.1) is 39.4 Å². The molecule has 4 fully saturated rings. The molecule has 7 heteroatoms. The molecule has 37 heavy (non-hydrogen) atoms. The molecule has 0 spiro atoms. The number of ketones is 1. The maximum absolute atomic E-state index is 14.3. The van der Waals surface area contributed by atoms with Crippen LogP contribution < -0.4 is 0 Å². The fourth-order valence-electron chi connectivity index (χ4n) is 10.1. The minimum absolute atomic E-state index is 0.0164. The molecule has 1 heterocycles.